The van der Waals surface area contributed by atoms with Gasteiger partial charge in [0.2, 0.25) is 0 Å². The molecule has 9 nitrogen and oxygen atoms in total. The van der Waals surface area contributed by atoms with Gasteiger partial charge in [0.25, 0.3) is 5.56 Å². The number of aryl methyl sites for hydroxylation is 1. The smallest absolute Gasteiger partial charge is 0.348 e. The van der Waals surface area contributed by atoms with E-state index in [-0.39, 0.29) is 25.3 Å². The topological polar surface area (TPSA) is 118 Å². The van der Waals surface area contributed by atoms with Gasteiger partial charge in [-0.05, 0) is 36.8 Å². The van der Waals surface area contributed by atoms with Gasteiger partial charge >= 0.3 is 5.97 Å². The molecule has 3 aromatic heterocycles. The average Bonchev–Trinajstić information content (AvgIpc) is 3.45. The zero-order chi connectivity index (χ0) is 24.1. The Bertz CT molecular complexity index is 1300. The van der Waals surface area contributed by atoms with Gasteiger partial charge in [0, 0.05) is 6.54 Å². The van der Waals surface area contributed by atoms with Crippen LogP contribution in [-0.2, 0) is 17.8 Å². The number of esters is 1. The van der Waals surface area contributed by atoms with Gasteiger partial charge in [0.1, 0.15) is 39.8 Å². The summed E-state index contributed by atoms with van der Waals surface area (Å²) < 4.78 is 15.9. The number of aliphatic hydroxyl groups is 1. The van der Waals surface area contributed by atoms with Crippen LogP contribution >= 0.6 is 11.3 Å². The molecule has 0 fully saturated rings. The SMILES string of the molecule is COC(=O)c1sc2nc(CN(Cc3ccco3)C[C@@H](O)COc3ccccc3)[nH]c(=O)c2c1C. The highest BCUT2D eigenvalue weighted by atomic mass is 32.1. The largest absolute Gasteiger partial charge is 0.491 e. The number of methoxy groups -OCH3 is 1. The molecule has 34 heavy (non-hydrogen) atoms. The molecule has 0 amide bonds. The third-order valence-corrected chi connectivity index (χ3v) is 6.37. The number of rotatable bonds is 10. The molecular weight excluding hydrogens is 458 g/mol. The third-order valence-electron chi connectivity index (χ3n) is 5.21. The summed E-state index contributed by atoms with van der Waals surface area (Å²) in [4.78, 5) is 34.9. The maximum Gasteiger partial charge on any atom is 0.348 e. The van der Waals surface area contributed by atoms with Crippen molar-refractivity contribution < 1.29 is 23.8 Å². The van der Waals surface area contributed by atoms with Crippen molar-refractivity contribution >= 4 is 27.5 Å². The number of hydrogen-bond donors (Lipinski definition) is 2. The van der Waals surface area contributed by atoms with E-state index in [1.54, 1.807) is 19.3 Å². The van der Waals surface area contributed by atoms with Gasteiger partial charge in [0.15, 0.2) is 0 Å². The number of furan rings is 1. The van der Waals surface area contributed by atoms with Gasteiger partial charge in [-0.2, -0.15) is 0 Å². The second kappa shape index (κ2) is 10.6. The third kappa shape index (κ3) is 5.53. The van der Waals surface area contributed by atoms with E-state index in [4.69, 9.17) is 13.9 Å². The van der Waals surface area contributed by atoms with Crippen LogP contribution in [0.4, 0.5) is 0 Å². The van der Waals surface area contributed by atoms with Crippen LogP contribution in [0.5, 0.6) is 5.75 Å². The minimum atomic E-state index is -0.791. The standard InChI is InChI=1S/C24H25N3O6S/c1-15-20-22(29)25-19(26-23(20)34-21(15)24(30)31-2)13-27(12-18-9-6-10-32-18)11-16(28)14-33-17-7-4-3-5-8-17/h3-10,16,28H,11-14H2,1-2H3,(H,25,26,29)/t16-/m1/s1. The number of nitrogens with zero attached hydrogens (tertiary/aromatic N) is 2. The van der Waals surface area contributed by atoms with E-state index in [1.807, 2.05) is 41.3 Å². The number of thiophene rings is 1. The van der Waals surface area contributed by atoms with Crippen LogP contribution in [0.3, 0.4) is 0 Å². The number of para-hydroxylation sites is 1. The van der Waals surface area contributed by atoms with Crippen LogP contribution in [0.15, 0.2) is 57.9 Å². The number of ether oxygens (including phenoxy) is 2. The van der Waals surface area contributed by atoms with Gasteiger partial charge in [-0.3, -0.25) is 9.69 Å². The van der Waals surface area contributed by atoms with Crippen molar-refractivity contribution in [3.8, 4) is 5.75 Å². The number of aromatic nitrogens is 2. The molecule has 0 saturated carbocycles. The summed E-state index contributed by atoms with van der Waals surface area (Å²) in [5, 5.41) is 11.0. The Morgan fingerprint density at radius 1 is 1.24 bits per heavy atom. The van der Waals surface area contributed by atoms with Gasteiger partial charge < -0.3 is 24.0 Å². The normalized spacial score (nSPS) is 12.2. The Morgan fingerprint density at radius 2 is 2.03 bits per heavy atom. The Balaban J connectivity index is 1.53. The minimum absolute atomic E-state index is 0.105. The zero-order valence-electron chi connectivity index (χ0n) is 18.8. The monoisotopic (exact) mass is 483 g/mol. The second-order valence-corrected chi connectivity index (χ2v) is 8.77. The van der Waals surface area contributed by atoms with Crippen LogP contribution in [-0.4, -0.2) is 52.3 Å². The molecule has 0 aliphatic heterocycles. The Morgan fingerprint density at radius 3 is 2.74 bits per heavy atom. The number of carbonyl (C=O) groups is 1. The van der Waals surface area contributed by atoms with E-state index in [9.17, 15) is 14.7 Å². The minimum Gasteiger partial charge on any atom is -0.491 e. The first kappa shape index (κ1) is 23.7. The van der Waals surface area contributed by atoms with Gasteiger partial charge in [0.05, 0.1) is 31.8 Å². The molecule has 0 bridgehead atoms. The fraction of sp³-hybridized carbons (Fsp3) is 0.292. The quantitative estimate of drug-likeness (QED) is 0.331. The molecule has 0 aliphatic rings. The second-order valence-electron chi connectivity index (χ2n) is 7.77. The molecular formula is C24H25N3O6S. The van der Waals surface area contributed by atoms with Gasteiger partial charge in [-0.25, -0.2) is 9.78 Å². The Labute approximate surface area is 199 Å². The predicted molar refractivity (Wildman–Crippen MR) is 127 cm³/mol. The molecule has 4 aromatic rings. The van der Waals surface area contributed by atoms with Crippen molar-refractivity contribution in [1.29, 1.82) is 0 Å². The summed E-state index contributed by atoms with van der Waals surface area (Å²) in [6.07, 6.45) is 0.790. The van der Waals surface area contributed by atoms with Crippen molar-refractivity contribution in [3.05, 3.63) is 81.1 Å². The van der Waals surface area contributed by atoms with E-state index in [1.165, 1.54) is 7.11 Å². The molecule has 178 valence electrons. The molecule has 2 N–H and O–H groups in total. The highest BCUT2D eigenvalue weighted by Crippen LogP contribution is 2.27. The van der Waals surface area contributed by atoms with Crippen molar-refractivity contribution in [2.75, 3.05) is 20.3 Å². The lowest BCUT2D eigenvalue weighted by Crippen LogP contribution is -2.35. The molecule has 4 rings (SSSR count). The number of aliphatic hydroxyl groups excluding tert-OH is 1. The number of fused-ring (bicyclic) bond motifs is 1. The first-order valence-corrected chi connectivity index (χ1v) is 11.5. The highest BCUT2D eigenvalue weighted by Gasteiger charge is 2.21. The number of H-pyrrole nitrogens is 1. The van der Waals surface area contributed by atoms with Crippen LogP contribution < -0.4 is 10.3 Å². The summed E-state index contributed by atoms with van der Waals surface area (Å²) in [5.41, 5.74) is 0.225. The summed E-state index contributed by atoms with van der Waals surface area (Å²) in [5.74, 6) is 1.30. The number of hydrogen-bond acceptors (Lipinski definition) is 9. The van der Waals surface area contributed by atoms with Gasteiger partial charge in [-0.1, -0.05) is 18.2 Å². The molecule has 0 spiro atoms. The average molecular weight is 484 g/mol. The zero-order valence-corrected chi connectivity index (χ0v) is 19.6. The molecule has 1 atom stereocenters. The number of carbonyl (C=O) groups excluding carboxylic acids is 1. The summed E-state index contributed by atoms with van der Waals surface area (Å²) in [7, 11) is 1.30. The Kier molecular flexibility index (Phi) is 7.41. The molecule has 10 heteroatoms. The molecule has 0 radical (unpaired) electrons. The summed E-state index contributed by atoms with van der Waals surface area (Å²) in [6, 6.07) is 12.9. The number of nitrogens with one attached hydrogen (secondary N) is 1. The van der Waals surface area contributed by atoms with Crippen molar-refractivity contribution in [1.82, 2.24) is 14.9 Å². The molecule has 0 aliphatic carbocycles. The van der Waals surface area contributed by atoms with Crippen LogP contribution in [0.2, 0.25) is 0 Å². The summed E-state index contributed by atoms with van der Waals surface area (Å²) >= 11 is 1.12. The van der Waals surface area contributed by atoms with Crippen LogP contribution in [0, 0.1) is 6.92 Å². The summed E-state index contributed by atoms with van der Waals surface area (Å²) in [6.45, 7) is 2.71. The predicted octanol–water partition coefficient (Wildman–Crippen LogP) is 3.11. The first-order chi connectivity index (χ1) is 16.4. The van der Waals surface area contributed by atoms with E-state index < -0.39 is 12.1 Å². The van der Waals surface area contributed by atoms with E-state index in [0.717, 1.165) is 11.3 Å². The lowest BCUT2D eigenvalue weighted by molar-refractivity contribution is 0.0594. The first-order valence-electron chi connectivity index (χ1n) is 10.7. The van der Waals surface area contributed by atoms with Crippen molar-refractivity contribution in [2.24, 2.45) is 0 Å². The molecule has 0 saturated heterocycles. The van der Waals surface area contributed by atoms with Crippen LogP contribution in [0.1, 0.15) is 26.8 Å². The molecule has 1 aromatic carbocycles. The Hall–Kier alpha value is -3.47. The molecule has 3 heterocycles. The van der Waals surface area contributed by atoms with Crippen molar-refractivity contribution in [3.63, 3.8) is 0 Å². The number of aromatic amines is 1. The van der Waals surface area contributed by atoms with Crippen LogP contribution in [0.25, 0.3) is 10.2 Å². The fourth-order valence-electron chi connectivity index (χ4n) is 3.63. The lowest BCUT2D eigenvalue weighted by Gasteiger charge is -2.24. The lowest BCUT2D eigenvalue weighted by atomic mass is 10.2. The maximum atomic E-state index is 12.8. The van der Waals surface area contributed by atoms with Crippen molar-refractivity contribution in [2.45, 2.75) is 26.1 Å². The maximum absolute atomic E-state index is 12.8. The van der Waals surface area contributed by atoms with E-state index in [2.05, 4.69) is 9.97 Å². The highest BCUT2D eigenvalue weighted by molar-refractivity contribution is 7.20. The number of benzene rings is 1. The van der Waals surface area contributed by atoms with E-state index >= 15 is 0 Å². The fourth-order valence-corrected chi connectivity index (χ4v) is 4.75. The van der Waals surface area contributed by atoms with E-state index in [0.29, 0.717) is 44.5 Å². The van der Waals surface area contributed by atoms with Gasteiger partial charge in [-0.15, -0.1) is 11.3 Å². The molecule has 0 unspecified atom stereocenters.